The van der Waals surface area contributed by atoms with E-state index in [2.05, 4.69) is 116 Å². The first-order valence-electron chi connectivity index (χ1n) is 23.7. The van der Waals surface area contributed by atoms with Crippen molar-refractivity contribution in [2.45, 2.75) is 235 Å². The maximum atomic E-state index is 7.86. The van der Waals surface area contributed by atoms with Crippen molar-refractivity contribution in [2.75, 3.05) is 0 Å². The predicted octanol–water partition coefficient (Wildman–Crippen LogP) is 10.3. The highest BCUT2D eigenvalue weighted by molar-refractivity contribution is 7.04. The third-order valence-corrected chi connectivity index (χ3v) is 16.3. The Morgan fingerprint density at radius 3 is 1.05 bits per heavy atom. The summed E-state index contributed by atoms with van der Waals surface area (Å²) in [5.41, 5.74) is 0. The zero-order valence-corrected chi connectivity index (χ0v) is 39.4. The lowest BCUT2D eigenvalue weighted by atomic mass is 9.80. The molecule has 0 aromatic heterocycles. The summed E-state index contributed by atoms with van der Waals surface area (Å²) in [4.78, 5) is 0. The van der Waals surface area contributed by atoms with Gasteiger partial charge in [0.25, 0.3) is 0 Å². The Morgan fingerprint density at radius 2 is 0.702 bits per heavy atom. The lowest BCUT2D eigenvalue weighted by Gasteiger charge is -2.52. The highest BCUT2D eigenvalue weighted by atomic mass is 31.0. The average molecular weight is 829 g/mol. The van der Waals surface area contributed by atoms with Crippen molar-refractivity contribution in [1.82, 2.24) is 0 Å². The fourth-order valence-electron chi connectivity index (χ4n) is 10.6. The molecule has 0 aromatic carbocycles. The number of rotatable bonds is 14. The molecule has 0 saturated carbocycles. The minimum atomic E-state index is -0.500. The lowest BCUT2D eigenvalue weighted by Crippen LogP contribution is -2.59. The second-order valence-corrected chi connectivity index (χ2v) is 19.4. The number of nitrogens with zero attached hydrogens (tertiary/aromatic N) is 1. The monoisotopic (exact) mass is 829 g/mol. The third-order valence-electron chi connectivity index (χ3n) is 16.1. The van der Waals surface area contributed by atoms with E-state index in [1.807, 2.05) is 0 Å². The van der Waals surface area contributed by atoms with Crippen LogP contribution >= 0.6 is 8.98 Å². The third kappa shape index (κ3) is 9.87. The van der Waals surface area contributed by atoms with Crippen LogP contribution < -0.4 is 0 Å². The minimum Gasteiger partial charge on any atom is -0.372 e. The van der Waals surface area contributed by atoms with Crippen LogP contribution in [0, 0.1) is 59.2 Å². The van der Waals surface area contributed by atoms with Crippen LogP contribution in [0.3, 0.4) is 0 Å². The van der Waals surface area contributed by atoms with Gasteiger partial charge in [0.1, 0.15) is 7.32 Å². The molecule has 5 saturated heterocycles. The molecule has 5 fully saturated rings. The van der Waals surface area contributed by atoms with Gasteiger partial charge in [-0.1, -0.05) is 104 Å². The molecule has 0 radical (unpaired) electrons. The van der Waals surface area contributed by atoms with E-state index in [1.165, 1.54) is 0 Å². The van der Waals surface area contributed by atoms with Crippen molar-refractivity contribution in [3.8, 4) is 0 Å². The van der Waals surface area contributed by atoms with Gasteiger partial charge in [-0.05, 0) is 89.4 Å². The van der Waals surface area contributed by atoms with Crippen LogP contribution in [0.15, 0.2) is 4.74 Å². The molecule has 5 heterocycles. The molecule has 5 rings (SSSR count). The SMILES string of the molecule is [4H]/P=N\[C@H]1C(C)[C@H](C)C(CC)O[C@H]1O[C@@H]1C(CC)O[C@@H](O[C@@H]2C(CC)O[C@@H](O[C@@H]3C(CC)O[C@@H](O[C@@H]4C(CC)O[C@@H](C)[C@@H](C)C4C)[C@@H](C)C3C)[C@@H](C)C2C)[C@@H](C)C1C. The van der Waals surface area contributed by atoms with Crippen molar-refractivity contribution in [1.29, 1.82) is 1.28 Å². The summed E-state index contributed by atoms with van der Waals surface area (Å²) in [6.07, 6.45) is 2.13. The molecule has 0 N–H and O–H groups in total. The molecule has 11 heteroatoms. The van der Waals surface area contributed by atoms with Gasteiger partial charge in [0, 0.05) is 17.8 Å². The highest BCUT2D eigenvalue weighted by Gasteiger charge is 2.52. The van der Waals surface area contributed by atoms with Crippen molar-refractivity contribution in [3.63, 3.8) is 0 Å². The molecular formula is C46H84NO9P. The zero-order valence-electron chi connectivity index (χ0n) is 39.5. The van der Waals surface area contributed by atoms with Crippen LogP contribution in [0.4, 0.5) is 0 Å². The largest absolute Gasteiger partial charge is 0.372 e. The van der Waals surface area contributed by atoms with Gasteiger partial charge in [0.2, 0.25) is 0 Å². The summed E-state index contributed by atoms with van der Waals surface area (Å²) in [6, 6.07) is -0.191. The van der Waals surface area contributed by atoms with E-state index >= 15 is 0 Å². The maximum absolute atomic E-state index is 7.86. The number of ether oxygens (including phenoxy) is 9. The first-order chi connectivity index (χ1) is 27.6. The molecule has 25 atom stereocenters. The van der Waals surface area contributed by atoms with E-state index in [4.69, 9.17) is 43.9 Å². The maximum Gasteiger partial charge on any atom is 0.181 e. The molecule has 5 aliphatic rings. The van der Waals surface area contributed by atoms with Gasteiger partial charge in [0.15, 0.2) is 25.2 Å². The Hall–Kier alpha value is -0.260. The van der Waals surface area contributed by atoms with Crippen LogP contribution in [0.1, 0.15) is 143 Å². The van der Waals surface area contributed by atoms with Crippen molar-refractivity contribution in [3.05, 3.63) is 0 Å². The van der Waals surface area contributed by atoms with Crippen LogP contribution in [-0.4, -0.2) is 93.5 Å². The molecule has 57 heavy (non-hydrogen) atoms. The van der Waals surface area contributed by atoms with E-state index in [0.717, 1.165) is 32.1 Å². The normalized spacial score (nSPS) is 52.8. The van der Waals surface area contributed by atoms with E-state index < -0.39 is 12.6 Å². The quantitative estimate of drug-likeness (QED) is 0.159. The number of hydrogen-bond donors (Lipinski definition) is 0. The van der Waals surface area contributed by atoms with Crippen LogP contribution in [0.5, 0.6) is 0 Å². The Labute approximate surface area is 351 Å². The molecule has 10 nitrogen and oxygen atoms in total. The second kappa shape index (κ2) is 20.7. The lowest BCUT2D eigenvalue weighted by molar-refractivity contribution is -0.361. The summed E-state index contributed by atoms with van der Waals surface area (Å²) >= 11 is 0. The summed E-state index contributed by atoms with van der Waals surface area (Å²) in [6.45, 7) is 35.6. The Morgan fingerprint density at radius 1 is 0.386 bits per heavy atom. The fourth-order valence-corrected chi connectivity index (χ4v) is 10.9. The Balaban J connectivity index is 1.24. The van der Waals surface area contributed by atoms with E-state index in [-0.39, 0.29) is 130 Å². The van der Waals surface area contributed by atoms with Crippen molar-refractivity contribution in [2.24, 2.45) is 63.9 Å². The summed E-state index contributed by atoms with van der Waals surface area (Å²) in [5, 5.41) is 0. The molecule has 5 aliphatic heterocycles. The van der Waals surface area contributed by atoms with Crippen molar-refractivity contribution < 1.29 is 42.6 Å². The first-order valence-corrected chi connectivity index (χ1v) is 23.7. The highest BCUT2D eigenvalue weighted by Crippen LogP contribution is 2.45. The molecular weight excluding hydrogens is 741 g/mol. The van der Waals surface area contributed by atoms with Crippen molar-refractivity contribution >= 4 is 8.98 Å². The Bertz CT molecular complexity index is 1280. The van der Waals surface area contributed by atoms with Crippen LogP contribution in [-0.2, 0) is 42.6 Å². The summed E-state index contributed by atoms with van der Waals surface area (Å²) in [7, 11) is 0.256. The minimum absolute atomic E-state index is 0.00480. The molecule has 0 aromatic rings. The molecule has 332 valence electrons. The molecule has 0 aliphatic carbocycles. The van der Waals surface area contributed by atoms with Gasteiger partial charge < -0.3 is 42.6 Å². The average Bonchev–Trinajstić information content (AvgIpc) is 3.21. The standard InChI is InChI=1S/C46H84NO9P/c1-17-33-23(7)24(8)38(47-57)46(49-33)56-42-28(12)31(15)45(52-37(42)21-5)55-41-27(11)30(14)44(51-36(41)20-4)54-40-26(10)29(13)43(50-35(40)19-3)53-39-25(9)22(6)32(16)48-34(39)18-2/h22-46,57H,17-21H2,1-16H3/t22-,23-,24?,25?,26?,27?,28?,29-,30-,31-,32-,33?,34?,35?,36?,37?,38-,39-,40-,41-,42-,43-,44-,45-,46-/m0/s1. The topological polar surface area (TPSA) is 95.4 Å². The first kappa shape index (κ1) is 46.2. The predicted molar refractivity (Wildman–Crippen MR) is 226 cm³/mol. The van der Waals surface area contributed by atoms with Crippen LogP contribution in [0.2, 0.25) is 0 Å². The molecule has 0 bridgehead atoms. The van der Waals surface area contributed by atoms with Gasteiger partial charge in [-0.15, -0.1) is 0 Å². The fraction of sp³-hybridized carbons (Fsp3) is 1.00. The second-order valence-electron chi connectivity index (χ2n) is 19.2. The van der Waals surface area contributed by atoms with Crippen LogP contribution in [0.25, 0.3) is 0 Å². The zero-order chi connectivity index (χ0) is 42.7. The molecule has 10 unspecified atom stereocenters. The molecule has 0 amide bonds. The van der Waals surface area contributed by atoms with Gasteiger partial charge >= 0.3 is 0 Å². The smallest absolute Gasteiger partial charge is 0.181 e. The van der Waals surface area contributed by atoms with E-state index in [9.17, 15) is 0 Å². The van der Waals surface area contributed by atoms with E-state index in [0.29, 0.717) is 17.8 Å². The summed E-state index contributed by atoms with van der Waals surface area (Å²) < 4.78 is 74.0. The van der Waals surface area contributed by atoms with E-state index in [1.54, 1.807) is 0 Å². The van der Waals surface area contributed by atoms with Gasteiger partial charge in [0.05, 0.1) is 61.0 Å². The van der Waals surface area contributed by atoms with Gasteiger partial charge in [-0.3, -0.25) is 4.74 Å². The van der Waals surface area contributed by atoms with Gasteiger partial charge in [-0.25, -0.2) is 0 Å². The summed E-state index contributed by atoms with van der Waals surface area (Å²) in [5.74, 6) is 2.19. The Kier molecular flexibility index (Phi) is 16.8. The number of hydrogen-bond acceptors (Lipinski definition) is 10. The van der Waals surface area contributed by atoms with Gasteiger partial charge in [-0.2, -0.15) is 0 Å². The molecule has 0 spiro atoms.